The molecule has 1 aromatic carbocycles. The number of nitrogens with one attached hydrogen (secondary N) is 1. The number of carbonyl (C=O) groups is 1. The van der Waals surface area contributed by atoms with Gasteiger partial charge >= 0.3 is 5.97 Å². The molecule has 0 unspecified atom stereocenters. The number of halogens is 2. The van der Waals surface area contributed by atoms with Crippen molar-refractivity contribution in [2.45, 2.75) is 0 Å². The maximum Gasteiger partial charge on any atom is 0.353 e. The van der Waals surface area contributed by atoms with E-state index in [0.717, 1.165) is 0 Å². The van der Waals surface area contributed by atoms with E-state index in [1.165, 1.54) is 18.2 Å². The molecule has 0 atom stereocenters. The number of hydrogen-bond acceptors (Lipinski definition) is 2. The number of hydrogen-bond donors (Lipinski definition) is 2. The van der Waals surface area contributed by atoms with Crippen molar-refractivity contribution >= 4 is 21.9 Å². The summed E-state index contributed by atoms with van der Waals surface area (Å²) in [5.41, 5.74) is 0.846. The highest BCUT2D eigenvalue weighted by molar-refractivity contribution is 9.10. The largest absolute Gasteiger partial charge is 0.477 e. The molecule has 2 rings (SSSR count). The molecule has 0 spiro atoms. The summed E-state index contributed by atoms with van der Waals surface area (Å²) in [6.45, 7) is 0. The predicted octanol–water partition coefficient (Wildman–Crippen LogP) is 2.68. The van der Waals surface area contributed by atoms with Gasteiger partial charge in [0.25, 0.3) is 0 Å². The van der Waals surface area contributed by atoms with Crippen LogP contribution in [0.4, 0.5) is 4.39 Å². The third kappa shape index (κ3) is 1.83. The van der Waals surface area contributed by atoms with E-state index in [-0.39, 0.29) is 10.2 Å². The van der Waals surface area contributed by atoms with Gasteiger partial charge in [-0.2, -0.15) is 5.10 Å². The first kappa shape index (κ1) is 10.8. The summed E-state index contributed by atoms with van der Waals surface area (Å²) in [5, 5.41) is 14.9. The van der Waals surface area contributed by atoms with Crippen molar-refractivity contribution in [2.24, 2.45) is 0 Å². The summed E-state index contributed by atoms with van der Waals surface area (Å²) in [5.74, 6) is -1.52. The molecule has 0 fully saturated rings. The van der Waals surface area contributed by atoms with Crippen LogP contribution < -0.4 is 0 Å². The molecule has 0 amide bonds. The number of aromatic amines is 1. The Hall–Kier alpha value is -1.69. The molecule has 6 heteroatoms. The fourth-order valence-electron chi connectivity index (χ4n) is 1.27. The molecule has 0 aliphatic rings. The molecular weight excluding hydrogens is 279 g/mol. The summed E-state index contributed by atoms with van der Waals surface area (Å²) < 4.78 is 13.5. The highest BCUT2D eigenvalue weighted by atomic mass is 79.9. The number of rotatable bonds is 2. The van der Waals surface area contributed by atoms with Gasteiger partial charge in [-0.3, -0.25) is 5.10 Å². The lowest BCUT2D eigenvalue weighted by Crippen LogP contribution is -1.95. The van der Waals surface area contributed by atoms with Gasteiger partial charge in [-0.1, -0.05) is 12.1 Å². The minimum absolute atomic E-state index is 0.0360. The molecule has 82 valence electrons. The average Bonchev–Trinajstić information content (AvgIpc) is 2.71. The fraction of sp³-hybridized carbons (Fsp3) is 0. The van der Waals surface area contributed by atoms with E-state index in [1.54, 1.807) is 6.07 Å². The van der Waals surface area contributed by atoms with E-state index in [9.17, 15) is 9.18 Å². The van der Waals surface area contributed by atoms with Crippen molar-refractivity contribution < 1.29 is 14.3 Å². The van der Waals surface area contributed by atoms with E-state index in [2.05, 4.69) is 26.1 Å². The highest BCUT2D eigenvalue weighted by Gasteiger charge is 2.13. The van der Waals surface area contributed by atoms with Gasteiger partial charge in [-0.05, 0) is 28.1 Å². The molecule has 0 bridgehead atoms. The van der Waals surface area contributed by atoms with Crippen LogP contribution in [-0.2, 0) is 0 Å². The minimum atomic E-state index is -1.11. The summed E-state index contributed by atoms with van der Waals surface area (Å²) in [6, 6.07) is 5.83. The zero-order chi connectivity index (χ0) is 11.7. The molecule has 2 N–H and O–H groups in total. The fourth-order valence-corrected chi connectivity index (χ4v) is 1.74. The van der Waals surface area contributed by atoms with Crippen molar-refractivity contribution in [1.29, 1.82) is 0 Å². The standard InChI is InChI=1S/C10H6BrFN2O2/c11-9-5(2-1-3-6(9)12)7-4-8(10(15)16)14-13-7/h1-4H,(H,13,14)(H,15,16). The maximum absolute atomic E-state index is 13.2. The number of nitrogens with zero attached hydrogens (tertiary/aromatic N) is 1. The van der Waals surface area contributed by atoms with E-state index in [0.29, 0.717) is 11.3 Å². The van der Waals surface area contributed by atoms with Crippen LogP contribution in [0.15, 0.2) is 28.7 Å². The molecule has 2 aromatic rings. The predicted molar refractivity (Wildman–Crippen MR) is 58.6 cm³/mol. The molecule has 0 saturated heterocycles. The lowest BCUT2D eigenvalue weighted by Gasteiger charge is -2.00. The van der Waals surface area contributed by atoms with Gasteiger partial charge in [0.15, 0.2) is 0 Å². The molecular formula is C10H6BrFN2O2. The summed E-state index contributed by atoms with van der Waals surface area (Å²) >= 11 is 3.09. The zero-order valence-electron chi connectivity index (χ0n) is 7.87. The summed E-state index contributed by atoms with van der Waals surface area (Å²) in [4.78, 5) is 10.6. The Bertz CT molecular complexity index is 554. The summed E-state index contributed by atoms with van der Waals surface area (Å²) in [7, 11) is 0. The normalized spacial score (nSPS) is 10.4. The van der Waals surface area contributed by atoms with Crippen LogP contribution in [0.25, 0.3) is 11.3 Å². The smallest absolute Gasteiger partial charge is 0.353 e. The van der Waals surface area contributed by atoms with Crippen LogP contribution in [0.3, 0.4) is 0 Å². The molecule has 16 heavy (non-hydrogen) atoms. The van der Waals surface area contributed by atoms with Crippen molar-refractivity contribution in [1.82, 2.24) is 10.2 Å². The second-order valence-corrected chi connectivity index (χ2v) is 3.87. The number of benzene rings is 1. The van der Waals surface area contributed by atoms with Gasteiger partial charge in [0.1, 0.15) is 11.5 Å². The first-order valence-corrected chi connectivity index (χ1v) is 5.12. The molecule has 0 saturated carbocycles. The number of carboxylic acid groups (broad SMARTS) is 1. The molecule has 4 nitrogen and oxygen atoms in total. The van der Waals surface area contributed by atoms with E-state index in [4.69, 9.17) is 5.11 Å². The van der Waals surface area contributed by atoms with E-state index < -0.39 is 11.8 Å². The van der Waals surface area contributed by atoms with Crippen molar-refractivity contribution in [2.75, 3.05) is 0 Å². The van der Waals surface area contributed by atoms with Crippen LogP contribution >= 0.6 is 15.9 Å². The van der Waals surface area contributed by atoms with Crippen LogP contribution in [0.5, 0.6) is 0 Å². The molecule has 1 aromatic heterocycles. The third-order valence-corrected chi connectivity index (χ3v) is 2.84. The Balaban J connectivity index is 2.50. The lowest BCUT2D eigenvalue weighted by molar-refractivity contribution is 0.0690. The number of aromatic carboxylic acids is 1. The summed E-state index contributed by atoms with van der Waals surface area (Å²) in [6.07, 6.45) is 0. The second-order valence-electron chi connectivity index (χ2n) is 3.07. The van der Waals surface area contributed by atoms with Gasteiger partial charge in [0.2, 0.25) is 0 Å². The Labute approximate surface area is 98.2 Å². The minimum Gasteiger partial charge on any atom is -0.477 e. The molecule has 0 aliphatic heterocycles. The van der Waals surface area contributed by atoms with Crippen LogP contribution in [0.1, 0.15) is 10.5 Å². The van der Waals surface area contributed by atoms with Gasteiger partial charge in [0.05, 0.1) is 10.2 Å². The SMILES string of the molecule is O=C(O)c1cc(-c2cccc(F)c2Br)n[nH]1. The molecule has 0 aliphatic carbocycles. The van der Waals surface area contributed by atoms with Crippen LogP contribution in [-0.4, -0.2) is 21.3 Å². The lowest BCUT2D eigenvalue weighted by atomic mass is 10.1. The quantitative estimate of drug-likeness (QED) is 0.891. The van der Waals surface area contributed by atoms with Gasteiger partial charge in [-0.15, -0.1) is 0 Å². The Morgan fingerprint density at radius 1 is 1.50 bits per heavy atom. The van der Waals surface area contributed by atoms with Crippen LogP contribution in [0, 0.1) is 5.82 Å². The number of H-pyrrole nitrogens is 1. The second kappa shape index (κ2) is 4.05. The van der Waals surface area contributed by atoms with Gasteiger partial charge in [0, 0.05) is 5.56 Å². The van der Waals surface area contributed by atoms with E-state index in [1.807, 2.05) is 0 Å². The van der Waals surface area contributed by atoms with Crippen LogP contribution in [0.2, 0.25) is 0 Å². The third-order valence-electron chi connectivity index (χ3n) is 2.04. The number of aromatic nitrogens is 2. The molecule has 1 heterocycles. The maximum atomic E-state index is 13.2. The number of carboxylic acids is 1. The van der Waals surface area contributed by atoms with E-state index >= 15 is 0 Å². The van der Waals surface area contributed by atoms with Gasteiger partial charge < -0.3 is 5.11 Å². The average molecular weight is 285 g/mol. The topological polar surface area (TPSA) is 66.0 Å². The Morgan fingerprint density at radius 3 is 2.88 bits per heavy atom. The molecule has 0 radical (unpaired) electrons. The first-order chi connectivity index (χ1) is 7.59. The highest BCUT2D eigenvalue weighted by Crippen LogP contribution is 2.29. The van der Waals surface area contributed by atoms with Crippen molar-refractivity contribution in [3.8, 4) is 11.3 Å². The Kier molecular flexibility index (Phi) is 2.74. The first-order valence-electron chi connectivity index (χ1n) is 4.32. The zero-order valence-corrected chi connectivity index (χ0v) is 9.45. The van der Waals surface area contributed by atoms with Gasteiger partial charge in [-0.25, -0.2) is 9.18 Å². The van der Waals surface area contributed by atoms with Crippen molar-refractivity contribution in [3.05, 3.63) is 40.2 Å². The Morgan fingerprint density at radius 2 is 2.25 bits per heavy atom. The monoisotopic (exact) mass is 284 g/mol. The van der Waals surface area contributed by atoms with Crippen molar-refractivity contribution in [3.63, 3.8) is 0 Å².